The largest absolute Gasteiger partial charge is 0.455 e. The van der Waals surface area contributed by atoms with Crippen molar-refractivity contribution in [3.63, 3.8) is 0 Å². The number of benzene rings is 2. The molecule has 0 spiro atoms. The molecule has 1 N–H and O–H groups in total. The Morgan fingerprint density at radius 3 is 2.66 bits per heavy atom. The van der Waals surface area contributed by atoms with Crippen molar-refractivity contribution < 1.29 is 17.9 Å². The Labute approximate surface area is 212 Å². The van der Waals surface area contributed by atoms with E-state index in [0.717, 1.165) is 17.7 Å². The van der Waals surface area contributed by atoms with Crippen LogP contribution in [-0.4, -0.2) is 54.6 Å². The van der Waals surface area contributed by atoms with E-state index < -0.39 is 9.84 Å². The van der Waals surface area contributed by atoms with Gasteiger partial charge < -0.3 is 10.1 Å². The highest BCUT2D eigenvalue weighted by atomic mass is 35.5. The third-order valence-corrected chi connectivity index (χ3v) is 7.18. The summed E-state index contributed by atoms with van der Waals surface area (Å²) in [5.41, 5.74) is 3.53. The standard InChI is InChI=1S/C23H21Cl2N5O4S/c1-35(32,33)13-29-8-7-14-5-6-16(9-15(14)11-29)27-23-26-10-17-21(28-23)34-12-30(22(17)31)20-18(24)3-2-4-19(20)25/h2-6,9-10H,7-8,11-13H2,1H3,(H,26,27,28). The van der Waals surface area contributed by atoms with Crippen LogP contribution in [0.4, 0.5) is 17.3 Å². The lowest BCUT2D eigenvalue weighted by Gasteiger charge is -2.29. The van der Waals surface area contributed by atoms with Gasteiger partial charge in [0.25, 0.3) is 5.91 Å². The summed E-state index contributed by atoms with van der Waals surface area (Å²) in [6, 6.07) is 10.9. The quantitative estimate of drug-likeness (QED) is 0.526. The van der Waals surface area contributed by atoms with Gasteiger partial charge in [-0.05, 0) is 41.8 Å². The highest BCUT2D eigenvalue weighted by Gasteiger charge is 2.31. The fourth-order valence-corrected chi connectivity index (χ4v) is 5.68. The van der Waals surface area contributed by atoms with E-state index in [9.17, 15) is 13.2 Å². The molecule has 2 aromatic carbocycles. The summed E-state index contributed by atoms with van der Waals surface area (Å²) in [5, 5.41) is 3.80. The fraction of sp³-hybridized carbons (Fsp3) is 0.261. The van der Waals surface area contributed by atoms with Gasteiger partial charge in [-0.3, -0.25) is 14.6 Å². The molecule has 3 heterocycles. The Morgan fingerprint density at radius 2 is 1.91 bits per heavy atom. The lowest BCUT2D eigenvalue weighted by molar-refractivity contribution is 0.0932. The monoisotopic (exact) mass is 533 g/mol. The molecule has 0 radical (unpaired) electrons. The van der Waals surface area contributed by atoms with Crippen molar-refractivity contribution in [3.8, 4) is 5.88 Å². The second kappa shape index (κ2) is 9.27. The topological polar surface area (TPSA) is 105 Å². The maximum absolute atomic E-state index is 13.1. The van der Waals surface area contributed by atoms with Gasteiger partial charge in [0.05, 0.1) is 15.7 Å². The average molecular weight is 534 g/mol. The van der Waals surface area contributed by atoms with Crippen LogP contribution in [0.2, 0.25) is 10.0 Å². The lowest BCUT2D eigenvalue weighted by Crippen LogP contribution is -2.39. The van der Waals surface area contributed by atoms with Crippen LogP contribution in [0.15, 0.2) is 42.6 Å². The Balaban J connectivity index is 1.34. The van der Waals surface area contributed by atoms with Crippen LogP contribution >= 0.6 is 23.2 Å². The highest BCUT2D eigenvalue weighted by molar-refractivity contribution is 7.90. The van der Waals surface area contributed by atoms with Crippen molar-refractivity contribution in [2.75, 3.05) is 35.6 Å². The average Bonchev–Trinajstić information content (AvgIpc) is 2.79. The van der Waals surface area contributed by atoms with Crippen molar-refractivity contribution in [1.29, 1.82) is 0 Å². The number of aromatic nitrogens is 2. The van der Waals surface area contributed by atoms with E-state index >= 15 is 0 Å². The van der Waals surface area contributed by atoms with Gasteiger partial charge in [-0.2, -0.15) is 4.98 Å². The molecule has 0 atom stereocenters. The van der Waals surface area contributed by atoms with Crippen LogP contribution in [0, 0.1) is 0 Å². The number of hydrogen-bond donors (Lipinski definition) is 1. The number of halogens is 2. The molecule has 35 heavy (non-hydrogen) atoms. The highest BCUT2D eigenvalue weighted by Crippen LogP contribution is 2.37. The second-order valence-electron chi connectivity index (χ2n) is 8.46. The number of rotatable bonds is 5. The van der Waals surface area contributed by atoms with Crippen molar-refractivity contribution in [2.45, 2.75) is 13.0 Å². The van der Waals surface area contributed by atoms with Gasteiger partial charge in [0, 0.05) is 31.2 Å². The maximum Gasteiger partial charge on any atom is 0.268 e. The molecule has 0 saturated heterocycles. The van der Waals surface area contributed by atoms with Gasteiger partial charge in [0.1, 0.15) is 11.4 Å². The molecule has 2 aliphatic rings. The molecule has 1 amide bonds. The minimum atomic E-state index is -3.09. The smallest absolute Gasteiger partial charge is 0.268 e. The zero-order chi connectivity index (χ0) is 24.7. The third kappa shape index (κ3) is 5.06. The van der Waals surface area contributed by atoms with Crippen molar-refractivity contribution in [1.82, 2.24) is 14.9 Å². The van der Waals surface area contributed by atoms with Gasteiger partial charge in [-0.25, -0.2) is 13.4 Å². The SMILES string of the molecule is CS(=O)(=O)CN1CCc2ccc(Nc3ncc4c(n3)OCN(c3c(Cl)cccc3Cl)C4=O)cc2C1. The molecule has 12 heteroatoms. The Hall–Kier alpha value is -2.92. The van der Waals surface area contributed by atoms with Gasteiger partial charge in [-0.15, -0.1) is 0 Å². The number of hydrogen-bond acceptors (Lipinski definition) is 8. The first kappa shape index (κ1) is 23.8. The number of carbonyl (C=O) groups excluding carboxylic acids is 1. The van der Waals surface area contributed by atoms with E-state index in [4.69, 9.17) is 27.9 Å². The Morgan fingerprint density at radius 1 is 1.14 bits per heavy atom. The Bertz CT molecular complexity index is 1410. The number of nitrogens with zero attached hydrogens (tertiary/aromatic N) is 4. The first-order valence-electron chi connectivity index (χ1n) is 10.7. The molecule has 0 fully saturated rings. The van der Waals surface area contributed by atoms with E-state index in [0.29, 0.717) is 28.8 Å². The van der Waals surface area contributed by atoms with E-state index in [1.807, 2.05) is 23.1 Å². The molecule has 9 nitrogen and oxygen atoms in total. The number of nitrogens with one attached hydrogen (secondary N) is 1. The van der Waals surface area contributed by atoms with E-state index in [-0.39, 0.29) is 35.9 Å². The van der Waals surface area contributed by atoms with Crippen LogP contribution < -0.4 is 15.0 Å². The first-order valence-corrected chi connectivity index (χ1v) is 13.5. The molecule has 3 aromatic rings. The number of sulfone groups is 1. The molecule has 2 aliphatic heterocycles. The van der Waals surface area contributed by atoms with Crippen molar-refractivity contribution in [3.05, 3.63) is 69.3 Å². The predicted octanol–water partition coefficient (Wildman–Crippen LogP) is 3.88. The summed E-state index contributed by atoms with van der Waals surface area (Å²) in [5.74, 6) is 0.0843. The third-order valence-electron chi connectivity index (χ3n) is 5.74. The number of para-hydroxylation sites is 1. The number of anilines is 3. The van der Waals surface area contributed by atoms with Crippen molar-refractivity contribution in [2.24, 2.45) is 0 Å². The van der Waals surface area contributed by atoms with E-state index in [1.54, 1.807) is 18.2 Å². The normalized spacial score (nSPS) is 15.9. The van der Waals surface area contributed by atoms with Gasteiger partial charge >= 0.3 is 0 Å². The molecule has 0 bridgehead atoms. The minimum absolute atomic E-state index is 0.0276. The zero-order valence-electron chi connectivity index (χ0n) is 18.7. The summed E-state index contributed by atoms with van der Waals surface area (Å²) >= 11 is 12.5. The van der Waals surface area contributed by atoms with Gasteiger partial charge in [0.15, 0.2) is 16.6 Å². The number of fused-ring (bicyclic) bond motifs is 2. The summed E-state index contributed by atoms with van der Waals surface area (Å²) in [7, 11) is -3.09. The molecule has 5 rings (SSSR count). The van der Waals surface area contributed by atoms with E-state index in [2.05, 4.69) is 15.3 Å². The lowest BCUT2D eigenvalue weighted by atomic mass is 9.99. The first-order chi connectivity index (χ1) is 16.7. The van der Waals surface area contributed by atoms with Crippen molar-refractivity contribution >= 4 is 56.3 Å². The van der Waals surface area contributed by atoms with Gasteiger partial charge in [0.2, 0.25) is 11.8 Å². The second-order valence-corrected chi connectivity index (χ2v) is 11.4. The predicted molar refractivity (Wildman–Crippen MR) is 134 cm³/mol. The van der Waals surface area contributed by atoms with Crippen LogP contribution in [-0.2, 0) is 22.8 Å². The fourth-order valence-electron chi connectivity index (χ4n) is 4.19. The summed E-state index contributed by atoms with van der Waals surface area (Å²) in [6.07, 6.45) is 3.42. The Kier molecular flexibility index (Phi) is 6.30. The molecular weight excluding hydrogens is 513 g/mol. The minimum Gasteiger partial charge on any atom is -0.455 e. The van der Waals surface area contributed by atoms with E-state index in [1.165, 1.54) is 22.9 Å². The molecular formula is C23H21Cl2N5O4S. The van der Waals surface area contributed by atoms with Crippen LogP contribution in [0.5, 0.6) is 5.88 Å². The molecule has 0 unspecified atom stereocenters. The number of amides is 1. The molecule has 0 aliphatic carbocycles. The summed E-state index contributed by atoms with van der Waals surface area (Å²) in [6.45, 7) is 1.14. The van der Waals surface area contributed by atoms with Crippen LogP contribution in [0.3, 0.4) is 0 Å². The van der Waals surface area contributed by atoms with Crippen LogP contribution in [0.25, 0.3) is 0 Å². The zero-order valence-corrected chi connectivity index (χ0v) is 21.0. The molecule has 182 valence electrons. The number of carbonyl (C=O) groups is 1. The van der Waals surface area contributed by atoms with Crippen LogP contribution in [0.1, 0.15) is 21.5 Å². The number of ether oxygens (including phenoxy) is 1. The summed E-state index contributed by atoms with van der Waals surface area (Å²) in [4.78, 5) is 25.0. The molecule has 1 aromatic heterocycles. The molecule has 0 saturated carbocycles. The summed E-state index contributed by atoms with van der Waals surface area (Å²) < 4.78 is 29.1. The van der Waals surface area contributed by atoms with Gasteiger partial charge in [-0.1, -0.05) is 35.3 Å². The maximum atomic E-state index is 13.1.